The Balaban J connectivity index is 1.85. The van der Waals surface area contributed by atoms with Crippen LogP contribution in [-0.2, 0) is 12.8 Å². The number of hydrogen-bond donors (Lipinski definition) is 1. The largest absolute Gasteiger partial charge is 0.261 e. The van der Waals surface area contributed by atoms with Gasteiger partial charge in [0.25, 0.3) is 0 Å². The summed E-state index contributed by atoms with van der Waals surface area (Å²) < 4.78 is 0. The maximum absolute atomic E-state index is 4.33. The van der Waals surface area contributed by atoms with E-state index in [1.165, 1.54) is 0 Å². The fourth-order valence-corrected chi connectivity index (χ4v) is 1.93. The van der Waals surface area contributed by atoms with Crippen molar-refractivity contribution in [3.8, 4) is 0 Å². The molecule has 3 aromatic heterocycles. The van der Waals surface area contributed by atoms with Gasteiger partial charge in [-0.3, -0.25) is 15.1 Å². The summed E-state index contributed by atoms with van der Waals surface area (Å²) in [4.78, 5) is 17.0. The Hall–Kier alpha value is -2.37. The molecule has 0 atom stereocenters. The van der Waals surface area contributed by atoms with Crippen molar-refractivity contribution in [2.75, 3.05) is 0 Å². The average Bonchev–Trinajstić information content (AvgIpc) is 2.86. The van der Waals surface area contributed by atoms with Crippen LogP contribution in [0.5, 0.6) is 0 Å². The van der Waals surface area contributed by atoms with E-state index in [4.69, 9.17) is 0 Å². The van der Waals surface area contributed by atoms with Crippen LogP contribution >= 0.6 is 0 Å². The lowest BCUT2D eigenvalue weighted by atomic mass is 10.1. The second-order valence-corrected chi connectivity index (χ2v) is 4.04. The zero-order valence-corrected chi connectivity index (χ0v) is 9.96. The van der Waals surface area contributed by atoms with Crippen molar-refractivity contribution in [2.45, 2.75) is 19.8 Å². The van der Waals surface area contributed by atoms with Gasteiger partial charge in [-0.05, 0) is 19.8 Å². The second kappa shape index (κ2) is 4.48. The first-order valence-electron chi connectivity index (χ1n) is 5.74. The smallest absolute Gasteiger partial charge is 0.158 e. The lowest BCUT2D eigenvalue weighted by Gasteiger charge is -2.03. The summed E-state index contributed by atoms with van der Waals surface area (Å²) in [5, 5.41) is 7.79. The van der Waals surface area contributed by atoms with Gasteiger partial charge in [0.05, 0.1) is 28.7 Å². The molecule has 6 heteroatoms. The summed E-state index contributed by atoms with van der Waals surface area (Å²) in [6.45, 7) is 1.97. The first kappa shape index (κ1) is 10.8. The first-order chi connectivity index (χ1) is 8.84. The number of H-pyrrole nitrogens is 1. The summed E-state index contributed by atoms with van der Waals surface area (Å²) in [6.07, 6.45) is 8.36. The van der Waals surface area contributed by atoms with E-state index in [9.17, 15) is 0 Å². The summed E-state index contributed by atoms with van der Waals surface area (Å²) in [5.41, 5.74) is 3.73. The number of rotatable bonds is 3. The third kappa shape index (κ3) is 1.92. The van der Waals surface area contributed by atoms with Crippen molar-refractivity contribution >= 4 is 11.0 Å². The molecule has 0 aliphatic rings. The normalized spacial score (nSPS) is 10.9. The molecule has 0 unspecified atom stereocenters. The Kier molecular flexibility index (Phi) is 2.68. The van der Waals surface area contributed by atoms with Gasteiger partial charge in [0.1, 0.15) is 6.33 Å². The minimum absolute atomic E-state index is 0.774. The Morgan fingerprint density at radius 3 is 2.72 bits per heavy atom. The van der Waals surface area contributed by atoms with E-state index in [0.29, 0.717) is 0 Å². The SMILES string of the molecule is Cc1nccnc1CCc1ncnc2[nH]ncc12. The highest BCUT2D eigenvalue weighted by Gasteiger charge is 2.07. The number of nitrogens with one attached hydrogen (secondary N) is 1. The van der Waals surface area contributed by atoms with E-state index >= 15 is 0 Å². The Morgan fingerprint density at radius 2 is 1.83 bits per heavy atom. The molecule has 3 aromatic rings. The Morgan fingerprint density at radius 1 is 1.00 bits per heavy atom. The number of aromatic amines is 1. The van der Waals surface area contributed by atoms with Crippen molar-refractivity contribution in [1.82, 2.24) is 30.1 Å². The van der Waals surface area contributed by atoms with E-state index in [0.717, 1.165) is 41.0 Å². The molecular formula is C12H12N6. The second-order valence-electron chi connectivity index (χ2n) is 4.04. The molecule has 0 spiro atoms. The van der Waals surface area contributed by atoms with E-state index in [-0.39, 0.29) is 0 Å². The third-order valence-electron chi connectivity index (χ3n) is 2.91. The van der Waals surface area contributed by atoms with Crippen LogP contribution in [0, 0.1) is 6.92 Å². The van der Waals surface area contributed by atoms with E-state index < -0.39 is 0 Å². The van der Waals surface area contributed by atoms with Crippen LogP contribution in [0.4, 0.5) is 0 Å². The van der Waals surface area contributed by atoms with Crippen LogP contribution in [0.2, 0.25) is 0 Å². The number of aryl methyl sites for hydroxylation is 3. The van der Waals surface area contributed by atoms with Crippen LogP contribution in [-0.4, -0.2) is 30.1 Å². The maximum Gasteiger partial charge on any atom is 0.158 e. The van der Waals surface area contributed by atoms with Gasteiger partial charge in [-0.1, -0.05) is 0 Å². The molecule has 0 bridgehead atoms. The lowest BCUT2D eigenvalue weighted by molar-refractivity contribution is 0.856. The molecule has 0 fully saturated rings. The van der Waals surface area contributed by atoms with Gasteiger partial charge in [-0.25, -0.2) is 9.97 Å². The molecule has 6 nitrogen and oxygen atoms in total. The highest BCUT2D eigenvalue weighted by Crippen LogP contribution is 2.13. The monoisotopic (exact) mass is 240 g/mol. The van der Waals surface area contributed by atoms with Gasteiger partial charge >= 0.3 is 0 Å². The molecule has 3 rings (SSSR count). The standard InChI is InChI=1S/C12H12N6/c1-8-10(14-5-4-13-8)2-3-11-9-6-17-18-12(9)16-7-15-11/h4-7H,2-3H2,1H3,(H,15,16,17,18). The molecule has 90 valence electrons. The Labute approximate surface area is 104 Å². The fraction of sp³-hybridized carbons (Fsp3) is 0.250. The van der Waals surface area contributed by atoms with Crippen LogP contribution < -0.4 is 0 Å². The highest BCUT2D eigenvalue weighted by molar-refractivity contribution is 5.75. The van der Waals surface area contributed by atoms with Gasteiger partial charge in [0.15, 0.2) is 5.65 Å². The molecule has 0 saturated heterocycles. The molecule has 0 aliphatic heterocycles. The summed E-state index contributed by atoms with van der Waals surface area (Å²) in [6, 6.07) is 0. The molecule has 0 aromatic carbocycles. The van der Waals surface area contributed by atoms with Crippen molar-refractivity contribution in [2.24, 2.45) is 0 Å². The number of hydrogen-bond acceptors (Lipinski definition) is 5. The minimum Gasteiger partial charge on any atom is -0.261 e. The molecular weight excluding hydrogens is 228 g/mol. The van der Waals surface area contributed by atoms with Gasteiger partial charge in [0.2, 0.25) is 0 Å². The first-order valence-corrected chi connectivity index (χ1v) is 5.74. The molecule has 3 heterocycles. The number of aromatic nitrogens is 6. The third-order valence-corrected chi connectivity index (χ3v) is 2.91. The fourth-order valence-electron chi connectivity index (χ4n) is 1.93. The summed E-state index contributed by atoms with van der Waals surface area (Å²) >= 11 is 0. The summed E-state index contributed by atoms with van der Waals surface area (Å²) in [5.74, 6) is 0. The van der Waals surface area contributed by atoms with Crippen molar-refractivity contribution in [3.63, 3.8) is 0 Å². The van der Waals surface area contributed by atoms with Gasteiger partial charge < -0.3 is 0 Å². The predicted molar refractivity (Wildman–Crippen MR) is 65.9 cm³/mol. The quantitative estimate of drug-likeness (QED) is 0.745. The average molecular weight is 240 g/mol. The van der Waals surface area contributed by atoms with E-state index in [1.54, 1.807) is 24.9 Å². The topological polar surface area (TPSA) is 80.2 Å². The van der Waals surface area contributed by atoms with Crippen molar-refractivity contribution in [1.29, 1.82) is 0 Å². The van der Waals surface area contributed by atoms with Crippen molar-refractivity contribution < 1.29 is 0 Å². The minimum atomic E-state index is 0.774. The zero-order valence-electron chi connectivity index (χ0n) is 9.96. The van der Waals surface area contributed by atoms with Crippen LogP contribution in [0.1, 0.15) is 17.1 Å². The molecule has 1 N–H and O–H groups in total. The zero-order chi connectivity index (χ0) is 12.4. The van der Waals surface area contributed by atoms with E-state index in [1.807, 2.05) is 6.92 Å². The van der Waals surface area contributed by atoms with Crippen molar-refractivity contribution in [3.05, 3.63) is 42.0 Å². The predicted octanol–water partition coefficient (Wildman–Crippen LogP) is 1.24. The maximum atomic E-state index is 4.33. The summed E-state index contributed by atoms with van der Waals surface area (Å²) in [7, 11) is 0. The molecule has 0 radical (unpaired) electrons. The highest BCUT2D eigenvalue weighted by atomic mass is 15.1. The lowest BCUT2D eigenvalue weighted by Crippen LogP contribution is -2.01. The Bertz CT molecular complexity index is 675. The molecule has 0 amide bonds. The van der Waals surface area contributed by atoms with Gasteiger partial charge in [0, 0.05) is 12.4 Å². The number of fused-ring (bicyclic) bond motifs is 1. The van der Waals surface area contributed by atoms with Crippen LogP contribution in [0.15, 0.2) is 24.9 Å². The van der Waals surface area contributed by atoms with Gasteiger partial charge in [-0.2, -0.15) is 5.10 Å². The number of nitrogens with zero attached hydrogens (tertiary/aromatic N) is 5. The van der Waals surface area contributed by atoms with E-state index in [2.05, 4.69) is 30.1 Å². The van der Waals surface area contributed by atoms with Crippen LogP contribution in [0.3, 0.4) is 0 Å². The van der Waals surface area contributed by atoms with Crippen LogP contribution in [0.25, 0.3) is 11.0 Å². The molecule has 0 saturated carbocycles. The van der Waals surface area contributed by atoms with Gasteiger partial charge in [-0.15, -0.1) is 0 Å². The molecule has 18 heavy (non-hydrogen) atoms. The molecule has 0 aliphatic carbocycles.